The zero-order valence-electron chi connectivity index (χ0n) is 9.22. The minimum atomic E-state index is -1.59. The zero-order chi connectivity index (χ0) is 14.0. The quantitative estimate of drug-likeness (QED) is 0.671. The molecule has 0 aliphatic heterocycles. The molecule has 0 unspecified atom stereocenters. The third-order valence-electron chi connectivity index (χ3n) is 2.28. The van der Waals surface area contributed by atoms with Crippen molar-refractivity contribution in [2.24, 2.45) is 0 Å². The van der Waals surface area contributed by atoms with E-state index in [2.05, 4.69) is 10.3 Å². The van der Waals surface area contributed by atoms with Crippen LogP contribution in [-0.4, -0.2) is 4.98 Å². The first-order chi connectivity index (χ1) is 9.04. The molecule has 1 aromatic carbocycles. The van der Waals surface area contributed by atoms with E-state index in [0.29, 0.717) is 0 Å². The number of hydrogen-bond acceptors (Lipinski definition) is 3. The predicted molar refractivity (Wildman–Crippen MR) is 58.5 cm³/mol. The second-order valence-electron chi connectivity index (χ2n) is 3.48. The number of nitrogens with one attached hydrogen (secondary N) is 1. The van der Waals surface area contributed by atoms with Gasteiger partial charge in [0.1, 0.15) is 17.6 Å². The Morgan fingerprint density at radius 2 is 1.74 bits per heavy atom. The van der Waals surface area contributed by atoms with Crippen molar-refractivity contribution in [1.82, 2.24) is 4.98 Å². The Hall–Kier alpha value is -2.62. The number of pyridine rings is 1. The van der Waals surface area contributed by atoms with Crippen LogP contribution >= 0.6 is 0 Å². The summed E-state index contributed by atoms with van der Waals surface area (Å²) in [4.78, 5) is 3.67. The van der Waals surface area contributed by atoms with Crippen LogP contribution in [0.15, 0.2) is 24.4 Å². The lowest BCUT2D eigenvalue weighted by Gasteiger charge is -2.10. The van der Waals surface area contributed by atoms with Gasteiger partial charge in [-0.2, -0.15) is 5.26 Å². The second kappa shape index (κ2) is 4.94. The number of aromatic nitrogens is 1. The number of benzene rings is 1. The number of halogens is 4. The molecule has 0 amide bonds. The third kappa shape index (κ3) is 2.33. The first-order valence-electron chi connectivity index (χ1n) is 4.99. The Kier molecular flexibility index (Phi) is 3.33. The largest absolute Gasteiger partial charge is 0.334 e. The Balaban J connectivity index is 2.53. The van der Waals surface area contributed by atoms with Gasteiger partial charge in [0.05, 0.1) is 5.56 Å². The van der Waals surface area contributed by atoms with Gasteiger partial charge in [-0.3, -0.25) is 0 Å². The van der Waals surface area contributed by atoms with E-state index in [0.717, 1.165) is 0 Å². The highest BCUT2D eigenvalue weighted by Gasteiger charge is 2.20. The topological polar surface area (TPSA) is 48.7 Å². The van der Waals surface area contributed by atoms with E-state index in [1.807, 2.05) is 0 Å². The molecule has 1 heterocycles. The maximum atomic E-state index is 13.4. The maximum Gasteiger partial charge on any atom is 0.185 e. The van der Waals surface area contributed by atoms with Crippen molar-refractivity contribution >= 4 is 11.5 Å². The Morgan fingerprint density at radius 1 is 1.11 bits per heavy atom. The summed E-state index contributed by atoms with van der Waals surface area (Å²) in [6.45, 7) is 0. The second-order valence-corrected chi connectivity index (χ2v) is 3.48. The molecule has 0 fully saturated rings. The van der Waals surface area contributed by atoms with E-state index in [-0.39, 0.29) is 17.4 Å². The highest BCUT2D eigenvalue weighted by atomic mass is 19.2. The van der Waals surface area contributed by atoms with Gasteiger partial charge in [-0.1, -0.05) is 0 Å². The molecule has 0 radical (unpaired) electrons. The standard InChI is InChI=1S/C12H5F4N3/c13-7-4-8(14)10(16)11(9(7)15)19-12-6(5-17)2-1-3-18-12/h1-4H,(H,18,19). The van der Waals surface area contributed by atoms with Crippen LogP contribution in [-0.2, 0) is 0 Å². The minimum absolute atomic E-state index is 0.0223. The van der Waals surface area contributed by atoms with Gasteiger partial charge in [0, 0.05) is 12.3 Å². The molecule has 0 atom stereocenters. The summed E-state index contributed by atoms with van der Waals surface area (Å²) in [5.74, 6) is -6.47. The minimum Gasteiger partial charge on any atom is -0.334 e. The van der Waals surface area contributed by atoms with Crippen LogP contribution in [0.2, 0.25) is 0 Å². The molecular weight excluding hydrogens is 262 g/mol. The van der Waals surface area contributed by atoms with Crippen LogP contribution < -0.4 is 5.32 Å². The van der Waals surface area contributed by atoms with E-state index in [1.165, 1.54) is 18.3 Å². The number of rotatable bonds is 2. The fourth-order valence-electron chi connectivity index (χ4n) is 1.40. The van der Waals surface area contributed by atoms with Crippen molar-refractivity contribution in [2.75, 3.05) is 5.32 Å². The fourth-order valence-corrected chi connectivity index (χ4v) is 1.40. The first-order valence-corrected chi connectivity index (χ1v) is 4.99. The number of nitriles is 1. The van der Waals surface area contributed by atoms with Gasteiger partial charge in [-0.25, -0.2) is 22.5 Å². The summed E-state index contributed by atoms with van der Waals surface area (Å²) in [6, 6.07) is 4.59. The van der Waals surface area contributed by atoms with E-state index >= 15 is 0 Å². The van der Waals surface area contributed by atoms with Crippen LogP contribution in [0.1, 0.15) is 5.56 Å². The number of nitrogens with zero attached hydrogens (tertiary/aromatic N) is 2. The molecule has 19 heavy (non-hydrogen) atoms. The molecule has 2 aromatic rings. The Morgan fingerprint density at radius 3 is 2.32 bits per heavy atom. The van der Waals surface area contributed by atoms with Crippen molar-refractivity contribution in [3.8, 4) is 6.07 Å². The monoisotopic (exact) mass is 267 g/mol. The molecule has 0 saturated heterocycles. The lowest BCUT2D eigenvalue weighted by atomic mass is 10.2. The van der Waals surface area contributed by atoms with E-state index in [4.69, 9.17) is 5.26 Å². The highest BCUT2D eigenvalue weighted by molar-refractivity contribution is 5.63. The molecule has 2 rings (SSSR count). The molecule has 96 valence electrons. The van der Waals surface area contributed by atoms with Gasteiger partial charge < -0.3 is 5.32 Å². The van der Waals surface area contributed by atoms with Crippen molar-refractivity contribution in [1.29, 1.82) is 5.26 Å². The average Bonchev–Trinajstić information content (AvgIpc) is 2.42. The summed E-state index contributed by atoms with van der Waals surface area (Å²) in [5.41, 5.74) is -1.06. The van der Waals surface area contributed by atoms with E-state index in [9.17, 15) is 17.6 Å². The van der Waals surface area contributed by atoms with Crippen LogP contribution in [0, 0.1) is 34.6 Å². The Labute approximate surface area is 105 Å². The van der Waals surface area contributed by atoms with Crippen LogP contribution in [0.4, 0.5) is 29.1 Å². The molecule has 1 N–H and O–H groups in total. The molecule has 3 nitrogen and oxygen atoms in total. The van der Waals surface area contributed by atoms with E-state index in [1.54, 1.807) is 6.07 Å². The summed E-state index contributed by atoms with van der Waals surface area (Å²) < 4.78 is 52.8. The van der Waals surface area contributed by atoms with Crippen LogP contribution in [0.5, 0.6) is 0 Å². The first kappa shape index (κ1) is 12.8. The molecular formula is C12H5F4N3. The van der Waals surface area contributed by atoms with Gasteiger partial charge >= 0.3 is 0 Å². The lowest BCUT2D eigenvalue weighted by molar-refractivity contribution is 0.459. The van der Waals surface area contributed by atoms with Crippen molar-refractivity contribution in [3.63, 3.8) is 0 Å². The molecule has 0 aliphatic rings. The highest BCUT2D eigenvalue weighted by Crippen LogP contribution is 2.27. The van der Waals surface area contributed by atoms with Gasteiger partial charge in [0.25, 0.3) is 0 Å². The average molecular weight is 267 g/mol. The lowest BCUT2D eigenvalue weighted by Crippen LogP contribution is -2.05. The van der Waals surface area contributed by atoms with Crippen LogP contribution in [0.3, 0.4) is 0 Å². The summed E-state index contributed by atoms with van der Waals surface area (Å²) in [5, 5.41) is 10.9. The summed E-state index contributed by atoms with van der Waals surface area (Å²) in [6.07, 6.45) is 1.26. The molecule has 0 aliphatic carbocycles. The number of hydrogen-bond donors (Lipinski definition) is 1. The van der Waals surface area contributed by atoms with Gasteiger partial charge in [0.2, 0.25) is 0 Å². The van der Waals surface area contributed by atoms with Crippen molar-refractivity contribution < 1.29 is 17.6 Å². The smallest absolute Gasteiger partial charge is 0.185 e. The number of anilines is 2. The van der Waals surface area contributed by atoms with Crippen molar-refractivity contribution in [3.05, 3.63) is 53.2 Å². The van der Waals surface area contributed by atoms with Gasteiger partial charge in [0.15, 0.2) is 23.3 Å². The SMILES string of the molecule is N#Cc1cccnc1Nc1c(F)c(F)cc(F)c1F. The molecule has 0 saturated carbocycles. The molecule has 0 spiro atoms. The predicted octanol–water partition coefficient (Wildman–Crippen LogP) is 3.25. The van der Waals surface area contributed by atoms with Gasteiger partial charge in [-0.05, 0) is 12.1 Å². The fraction of sp³-hybridized carbons (Fsp3) is 0. The normalized spacial score (nSPS) is 10.1. The molecule has 7 heteroatoms. The molecule has 1 aromatic heterocycles. The van der Waals surface area contributed by atoms with E-state index < -0.39 is 29.0 Å². The maximum absolute atomic E-state index is 13.4. The Bertz CT molecular complexity index is 653. The molecule has 0 bridgehead atoms. The van der Waals surface area contributed by atoms with Gasteiger partial charge in [-0.15, -0.1) is 0 Å². The van der Waals surface area contributed by atoms with Crippen molar-refractivity contribution in [2.45, 2.75) is 0 Å². The third-order valence-corrected chi connectivity index (χ3v) is 2.28. The summed E-state index contributed by atoms with van der Waals surface area (Å²) in [7, 11) is 0. The van der Waals surface area contributed by atoms with Crippen LogP contribution in [0.25, 0.3) is 0 Å². The zero-order valence-corrected chi connectivity index (χ0v) is 9.22. The summed E-state index contributed by atoms with van der Waals surface area (Å²) >= 11 is 0.